The predicted molar refractivity (Wildman–Crippen MR) is 46.9 cm³/mol. The molecule has 0 unspecified atom stereocenters. The number of rotatable bonds is 5. The van der Waals surface area contributed by atoms with Gasteiger partial charge in [0.2, 0.25) is 0 Å². The average Bonchev–Trinajstić information content (AvgIpc) is 2.59. The van der Waals surface area contributed by atoms with E-state index in [0.29, 0.717) is 0 Å². The summed E-state index contributed by atoms with van der Waals surface area (Å²) in [5, 5.41) is 0. The van der Waals surface area contributed by atoms with Crippen molar-refractivity contribution in [2.75, 3.05) is 0 Å². The molecule has 0 aliphatic rings. The molecule has 0 aromatic carbocycles. The van der Waals surface area contributed by atoms with Gasteiger partial charge >= 0.3 is 18.0 Å². The third kappa shape index (κ3) is 5.79. The molecule has 1 heterocycles. The van der Waals surface area contributed by atoms with Gasteiger partial charge in [0.15, 0.2) is 12.4 Å². The first-order valence-corrected chi connectivity index (χ1v) is 4.67. The topological polar surface area (TPSA) is 69.7 Å². The fraction of sp³-hybridized carbons (Fsp3) is 0.556. The van der Waals surface area contributed by atoms with Crippen LogP contribution in [0.5, 0.6) is 0 Å². The van der Waals surface area contributed by atoms with Gasteiger partial charge in [-0.05, 0) is 6.42 Å². The first kappa shape index (κ1) is 13.3. The van der Waals surface area contributed by atoms with Crippen molar-refractivity contribution in [3.05, 3.63) is 22.6 Å². The Morgan fingerprint density at radius 2 is 2.12 bits per heavy atom. The summed E-state index contributed by atoms with van der Waals surface area (Å²) in [7, 11) is 0. The van der Waals surface area contributed by atoms with Gasteiger partial charge in [0.05, 0.1) is 0 Å². The lowest BCUT2D eigenvalue weighted by molar-refractivity contribution is -0.149. The molecular weight excluding hydrogens is 245 g/mol. The van der Waals surface area contributed by atoms with Crippen LogP contribution in [0.15, 0.2) is 19.9 Å². The number of hydrogen-bond acceptors (Lipinski definition) is 5. The number of carbonyl (C=O) groups excluding carboxylic acids is 1. The summed E-state index contributed by atoms with van der Waals surface area (Å²) in [4.78, 5) is 21.4. The van der Waals surface area contributed by atoms with Crippen LogP contribution in [0.2, 0.25) is 0 Å². The van der Waals surface area contributed by atoms with Crippen molar-refractivity contribution < 1.29 is 31.5 Å². The first-order valence-electron chi connectivity index (χ1n) is 4.67. The highest BCUT2D eigenvalue weighted by molar-refractivity contribution is 5.69. The zero-order valence-corrected chi connectivity index (χ0v) is 8.58. The number of carbonyl (C=O) groups is 1. The monoisotopic (exact) mass is 254 g/mol. The van der Waals surface area contributed by atoms with Crippen molar-refractivity contribution in [1.29, 1.82) is 0 Å². The standard InChI is InChI=1S/C9H9F3O5/c10-9(11,12)3-1-2-7(13)15-4-6-5-16-8(14)17-6/h5H,1-4H2. The normalized spacial score (nSPS) is 11.5. The summed E-state index contributed by atoms with van der Waals surface area (Å²) in [6, 6.07) is 0. The lowest BCUT2D eigenvalue weighted by Gasteiger charge is -2.05. The highest BCUT2D eigenvalue weighted by atomic mass is 19.4. The summed E-state index contributed by atoms with van der Waals surface area (Å²) >= 11 is 0. The molecule has 0 spiro atoms. The van der Waals surface area contributed by atoms with Crippen molar-refractivity contribution in [1.82, 2.24) is 0 Å². The molecule has 0 radical (unpaired) electrons. The molecule has 96 valence electrons. The van der Waals surface area contributed by atoms with Gasteiger partial charge in [-0.1, -0.05) is 0 Å². The van der Waals surface area contributed by atoms with E-state index in [1.165, 1.54) is 0 Å². The molecular formula is C9H9F3O5. The number of halogens is 3. The maximum Gasteiger partial charge on any atom is 0.518 e. The molecule has 0 aliphatic heterocycles. The smallest absolute Gasteiger partial charge is 0.457 e. The number of ether oxygens (including phenoxy) is 1. The van der Waals surface area contributed by atoms with Crippen LogP contribution in [-0.2, 0) is 16.1 Å². The molecule has 0 bridgehead atoms. The minimum absolute atomic E-state index is 0.000767. The maximum atomic E-state index is 11.7. The second kappa shape index (κ2) is 5.55. The first-order chi connectivity index (χ1) is 7.87. The molecule has 0 atom stereocenters. The lowest BCUT2D eigenvalue weighted by Crippen LogP contribution is -2.10. The molecule has 0 amide bonds. The van der Waals surface area contributed by atoms with Crippen molar-refractivity contribution in [3.63, 3.8) is 0 Å². The van der Waals surface area contributed by atoms with Gasteiger partial charge in [0, 0.05) is 12.8 Å². The van der Waals surface area contributed by atoms with E-state index in [1.807, 2.05) is 0 Å². The van der Waals surface area contributed by atoms with Crippen LogP contribution in [0.1, 0.15) is 25.0 Å². The molecule has 0 aliphatic carbocycles. The van der Waals surface area contributed by atoms with E-state index in [9.17, 15) is 22.8 Å². The van der Waals surface area contributed by atoms with Crippen molar-refractivity contribution in [2.45, 2.75) is 32.0 Å². The quantitative estimate of drug-likeness (QED) is 0.751. The van der Waals surface area contributed by atoms with Crippen molar-refractivity contribution in [2.24, 2.45) is 0 Å². The number of esters is 1. The summed E-state index contributed by atoms with van der Waals surface area (Å²) in [5.41, 5.74) is 0. The van der Waals surface area contributed by atoms with Crippen LogP contribution < -0.4 is 5.82 Å². The van der Waals surface area contributed by atoms with E-state index in [4.69, 9.17) is 0 Å². The van der Waals surface area contributed by atoms with E-state index < -0.39 is 24.4 Å². The Hall–Kier alpha value is -1.73. The molecule has 5 nitrogen and oxygen atoms in total. The van der Waals surface area contributed by atoms with E-state index in [0.717, 1.165) is 6.26 Å². The Balaban J connectivity index is 2.20. The Morgan fingerprint density at radius 1 is 1.41 bits per heavy atom. The summed E-state index contributed by atoms with van der Waals surface area (Å²) in [6.07, 6.45) is -5.04. The van der Waals surface area contributed by atoms with E-state index in [-0.39, 0.29) is 25.2 Å². The Kier molecular flexibility index (Phi) is 4.36. The summed E-state index contributed by atoms with van der Waals surface area (Å²) in [6.45, 7) is -0.337. The minimum Gasteiger partial charge on any atom is -0.457 e. The molecule has 17 heavy (non-hydrogen) atoms. The van der Waals surface area contributed by atoms with Gasteiger partial charge in [-0.3, -0.25) is 4.79 Å². The highest BCUT2D eigenvalue weighted by Crippen LogP contribution is 2.22. The highest BCUT2D eigenvalue weighted by Gasteiger charge is 2.26. The lowest BCUT2D eigenvalue weighted by atomic mass is 10.2. The van der Waals surface area contributed by atoms with Crippen LogP contribution in [0.4, 0.5) is 13.2 Å². The van der Waals surface area contributed by atoms with Crippen LogP contribution in [0.25, 0.3) is 0 Å². The van der Waals surface area contributed by atoms with Gasteiger partial charge in [0.25, 0.3) is 0 Å². The third-order valence-corrected chi connectivity index (χ3v) is 1.72. The minimum atomic E-state index is -4.28. The zero-order valence-electron chi connectivity index (χ0n) is 8.58. The van der Waals surface area contributed by atoms with Crippen LogP contribution in [0.3, 0.4) is 0 Å². The number of alkyl halides is 3. The van der Waals surface area contributed by atoms with E-state index in [2.05, 4.69) is 13.6 Å². The molecule has 0 fully saturated rings. The van der Waals surface area contributed by atoms with Crippen LogP contribution in [0, 0.1) is 0 Å². The second-order valence-electron chi connectivity index (χ2n) is 3.18. The second-order valence-corrected chi connectivity index (χ2v) is 3.18. The molecule has 0 N–H and O–H groups in total. The summed E-state index contributed by atoms with van der Waals surface area (Å²) < 4.78 is 48.5. The molecule has 0 saturated carbocycles. The molecule has 1 aromatic heterocycles. The molecule has 1 aromatic rings. The fourth-order valence-corrected chi connectivity index (χ4v) is 0.989. The predicted octanol–water partition coefficient (Wildman–Crippen LogP) is 2.01. The van der Waals surface area contributed by atoms with Gasteiger partial charge < -0.3 is 13.6 Å². The van der Waals surface area contributed by atoms with Gasteiger partial charge in [-0.15, -0.1) is 0 Å². The average molecular weight is 254 g/mol. The third-order valence-electron chi connectivity index (χ3n) is 1.72. The largest absolute Gasteiger partial charge is 0.518 e. The zero-order chi connectivity index (χ0) is 12.9. The van der Waals surface area contributed by atoms with Crippen molar-refractivity contribution >= 4 is 5.97 Å². The Morgan fingerprint density at radius 3 is 2.65 bits per heavy atom. The van der Waals surface area contributed by atoms with Gasteiger partial charge in [-0.25, -0.2) is 4.79 Å². The Bertz CT molecular complexity index is 417. The SMILES string of the molecule is O=C(CCCC(F)(F)F)OCc1coc(=O)o1. The molecule has 1 rings (SSSR count). The summed E-state index contributed by atoms with van der Waals surface area (Å²) in [5.74, 6) is -1.73. The van der Waals surface area contributed by atoms with Crippen LogP contribution >= 0.6 is 0 Å². The number of hydrogen-bond donors (Lipinski definition) is 0. The van der Waals surface area contributed by atoms with E-state index >= 15 is 0 Å². The van der Waals surface area contributed by atoms with Gasteiger partial charge in [0.1, 0.15) is 6.26 Å². The molecule has 0 saturated heterocycles. The molecule has 8 heteroatoms. The fourth-order valence-electron chi connectivity index (χ4n) is 0.989. The van der Waals surface area contributed by atoms with Crippen molar-refractivity contribution in [3.8, 4) is 0 Å². The Labute approximate surface area is 93.2 Å². The van der Waals surface area contributed by atoms with E-state index in [1.54, 1.807) is 0 Å². The maximum absolute atomic E-state index is 11.7. The van der Waals surface area contributed by atoms with Gasteiger partial charge in [-0.2, -0.15) is 13.2 Å². The van der Waals surface area contributed by atoms with Crippen LogP contribution in [-0.4, -0.2) is 12.1 Å².